The first-order chi connectivity index (χ1) is 8.24. The third kappa shape index (κ3) is 2.63. The third-order valence-electron chi connectivity index (χ3n) is 2.74. The Balaban J connectivity index is 2.20. The molecule has 0 radical (unpaired) electrons. The van der Waals surface area contributed by atoms with Crippen LogP contribution in [0.4, 0.5) is 0 Å². The summed E-state index contributed by atoms with van der Waals surface area (Å²) in [6.45, 7) is 4.26. The first-order valence-corrected chi connectivity index (χ1v) is 5.96. The van der Waals surface area contributed by atoms with Crippen LogP contribution in [0.3, 0.4) is 0 Å². The highest BCUT2D eigenvalue weighted by Crippen LogP contribution is 2.30. The summed E-state index contributed by atoms with van der Waals surface area (Å²) in [5.74, 6) is 0. The van der Waals surface area contributed by atoms with Gasteiger partial charge in [-0.15, -0.1) is 0 Å². The average Bonchev–Trinajstić information content (AvgIpc) is 2.75. The van der Waals surface area contributed by atoms with E-state index < -0.39 is 0 Å². The summed E-state index contributed by atoms with van der Waals surface area (Å²) in [7, 11) is 1.69. The van der Waals surface area contributed by atoms with E-state index >= 15 is 0 Å². The summed E-state index contributed by atoms with van der Waals surface area (Å²) in [5.41, 5.74) is 3.07. The van der Waals surface area contributed by atoms with E-state index in [1.165, 1.54) is 0 Å². The Morgan fingerprint density at radius 2 is 2.24 bits per heavy atom. The SMILES string of the molecule is COCCNCc1coc2c(C)ccc(Cl)c12. The Morgan fingerprint density at radius 1 is 1.41 bits per heavy atom. The molecule has 1 heterocycles. The number of hydrogen-bond acceptors (Lipinski definition) is 3. The van der Waals surface area contributed by atoms with Crippen molar-refractivity contribution in [2.24, 2.45) is 0 Å². The van der Waals surface area contributed by atoms with Crippen LogP contribution < -0.4 is 5.32 Å². The molecule has 0 aliphatic rings. The highest BCUT2D eigenvalue weighted by Gasteiger charge is 2.11. The number of ether oxygens (including phenoxy) is 1. The predicted molar refractivity (Wildman–Crippen MR) is 69.5 cm³/mol. The molecule has 0 saturated heterocycles. The van der Waals surface area contributed by atoms with Crippen LogP contribution in [0.15, 0.2) is 22.8 Å². The molecule has 0 unspecified atom stereocenters. The summed E-state index contributed by atoms with van der Waals surface area (Å²) < 4.78 is 10.5. The molecule has 0 atom stereocenters. The summed E-state index contributed by atoms with van der Waals surface area (Å²) in [6.07, 6.45) is 1.77. The Hall–Kier alpha value is -1.03. The lowest BCUT2D eigenvalue weighted by Gasteiger charge is -2.03. The van der Waals surface area contributed by atoms with Crippen molar-refractivity contribution in [2.45, 2.75) is 13.5 Å². The van der Waals surface area contributed by atoms with Crippen molar-refractivity contribution in [1.29, 1.82) is 0 Å². The third-order valence-corrected chi connectivity index (χ3v) is 3.06. The van der Waals surface area contributed by atoms with Crippen molar-refractivity contribution in [3.8, 4) is 0 Å². The van der Waals surface area contributed by atoms with Gasteiger partial charge < -0.3 is 14.5 Å². The molecule has 1 aromatic heterocycles. The fourth-order valence-corrected chi connectivity index (χ4v) is 2.10. The molecule has 0 saturated carbocycles. The van der Waals surface area contributed by atoms with Gasteiger partial charge in [-0.1, -0.05) is 17.7 Å². The zero-order valence-corrected chi connectivity index (χ0v) is 10.8. The van der Waals surface area contributed by atoms with Gasteiger partial charge in [0.2, 0.25) is 0 Å². The highest BCUT2D eigenvalue weighted by molar-refractivity contribution is 6.35. The predicted octanol–water partition coefficient (Wildman–Crippen LogP) is 3.13. The molecule has 0 spiro atoms. The van der Waals surface area contributed by atoms with Gasteiger partial charge in [0, 0.05) is 31.1 Å². The molecule has 4 heteroatoms. The number of aryl methyl sites for hydroxylation is 1. The van der Waals surface area contributed by atoms with Crippen molar-refractivity contribution in [2.75, 3.05) is 20.3 Å². The second-order valence-electron chi connectivity index (χ2n) is 4.00. The molecule has 0 aliphatic heterocycles. The molecule has 3 nitrogen and oxygen atoms in total. The maximum absolute atomic E-state index is 6.20. The molecule has 0 aliphatic carbocycles. The smallest absolute Gasteiger partial charge is 0.138 e. The van der Waals surface area contributed by atoms with E-state index in [9.17, 15) is 0 Å². The second-order valence-corrected chi connectivity index (χ2v) is 4.41. The quantitative estimate of drug-likeness (QED) is 0.832. The number of benzene rings is 1. The Morgan fingerprint density at radius 3 is 3.00 bits per heavy atom. The van der Waals surface area contributed by atoms with Crippen molar-refractivity contribution >= 4 is 22.6 Å². The molecule has 0 amide bonds. The van der Waals surface area contributed by atoms with Gasteiger partial charge in [-0.05, 0) is 18.6 Å². The molecule has 1 aromatic carbocycles. The van der Waals surface area contributed by atoms with Crippen LogP contribution in [0.5, 0.6) is 0 Å². The second kappa shape index (κ2) is 5.54. The molecule has 1 N–H and O–H groups in total. The van der Waals surface area contributed by atoms with Gasteiger partial charge in [0.25, 0.3) is 0 Å². The first-order valence-electron chi connectivity index (χ1n) is 5.59. The molecule has 2 rings (SSSR count). The number of halogens is 1. The van der Waals surface area contributed by atoms with E-state index in [-0.39, 0.29) is 0 Å². The van der Waals surface area contributed by atoms with Crippen LogP contribution in [-0.4, -0.2) is 20.3 Å². The van der Waals surface area contributed by atoms with Gasteiger partial charge in [0.15, 0.2) is 0 Å². The fraction of sp³-hybridized carbons (Fsp3) is 0.385. The summed E-state index contributed by atoms with van der Waals surface area (Å²) in [6, 6.07) is 3.88. The van der Waals surface area contributed by atoms with E-state index in [0.29, 0.717) is 6.61 Å². The maximum atomic E-state index is 6.20. The lowest BCUT2D eigenvalue weighted by Crippen LogP contribution is -2.18. The van der Waals surface area contributed by atoms with Gasteiger partial charge in [-0.2, -0.15) is 0 Å². The molecule has 2 aromatic rings. The number of nitrogens with one attached hydrogen (secondary N) is 1. The summed E-state index contributed by atoms with van der Waals surface area (Å²) >= 11 is 6.20. The minimum Gasteiger partial charge on any atom is -0.464 e. The van der Waals surface area contributed by atoms with E-state index in [1.807, 2.05) is 19.1 Å². The van der Waals surface area contributed by atoms with Gasteiger partial charge in [0.05, 0.1) is 17.9 Å². The number of methoxy groups -OCH3 is 1. The van der Waals surface area contributed by atoms with Crippen LogP contribution in [0.25, 0.3) is 11.0 Å². The molecule has 17 heavy (non-hydrogen) atoms. The normalized spacial score (nSPS) is 11.2. The molecular formula is C13H16ClNO2. The van der Waals surface area contributed by atoms with E-state index in [0.717, 1.165) is 40.2 Å². The molecule has 0 fully saturated rings. The fourth-order valence-electron chi connectivity index (χ4n) is 1.83. The number of fused-ring (bicyclic) bond motifs is 1. The Bertz CT molecular complexity index is 507. The highest BCUT2D eigenvalue weighted by atomic mass is 35.5. The van der Waals surface area contributed by atoms with Gasteiger partial charge in [-0.25, -0.2) is 0 Å². The standard InChI is InChI=1S/C13H16ClNO2/c1-9-3-4-11(14)12-10(8-17-13(9)12)7-15-5-6-16-2/h3-4,8,15H,5-7H2,1-2H3. The monoisotopic (exact) mass is 253 g/mol. The van der Waals surface area contributed by atoms with E-state index in [4.69, 9.17) is 20.8 Å². The number of rotatable bonds is 5. The average molecular weight is 254 g/mol. The van der Waals surface area contributed by atoms with Crippen molar-refractivity contribution in [1.82, 2.24) is 5.32 Å². The lowest BCUT2D eigenvalue weighted by molar-refractivity contribution is 0.199. The van der Waals surface area contributed by atoms with Crippen molar-refractivity contribution in [3.63, 3.8) is 0 Å². The zero-order valence-electron chi connectivity index (χ0n) is 10.0. The Labute approximate surface area is 106 Å². The van der Waals surface area contributed by atoms with Gasteiger partial charge in [0.1, 0.15) is 5.58 Å². The summed E-state index contributed by atoms with van der Waals surface area (Å²) in [5, 5.41) is 5.03. The van der Waals surface area contributed by atoms with Crippen molar-refractivity contribution in [3.05, 3.63) is 34.5 Å². The van der Waals surface area contributed by atoms with Crippen LogP contribution >= 0.6 is 11.6 Å². The van der Waals surface area contributed by atoms with Gasteiger partial charge in [-0.3, -0.25) is 0 Å². The largest absolute Gasteiger partial charge is 0.464 e. The summed E-state index contributed by atoms with van der Waals surface area (Å²) in [4.78, 5) is 0. The van der Waals surface area contributed by atoms with Crippen LogP contribution in [-0.2, 0) is 11.3 Å². The Kier molecular flexibility index (Phi) is 4.05. The molecular weight excluding hydrogens is 238 g/mol. The van der Waals surface area contributed by atoms with E-state index in [1.54, 1.807) is 13.4 Å². The number of furan rings is 1. The topological polar surface area (TPSA) is 34.4 Å². The van der Waals surface area contributed by atoms with Crippen molar-refractivity contribution < 1.29 is 9.15 Å². The van der Waals surface area contributed by atoms with E-state index in [2.05, 4.69) is 5.32 Å². The van der Waals surface area contributed by atoms with Gasteiger partial charge >= 0.3 is 0 Å². The zero-order chi connectivity index (χ0) is 12.3. The molecule has 0 bridgehead atoms. The minimum atomic E-state index is 0.697. The van der Waals surface area contributed by atoms with Crippen LogP contribution in [0.1, 0.15) is 11.1 Å². The maximum Gasteiger partial charge on any atom is 0.138 e. The van der Waals surface area contributed by atoms with Crippen LogP contribution in [0.2, 0.25) is 5.02 Å². The minimum absolute atomic E-state index is 0.697. The number of hydrogen-bond donors (Lipinski definition) is 1. The lowest BCUT2D eigenvalue weighted by atomic mass is 10.1. The first kappa shape index (κ1) is 12.4. The van der Waals surface area contributed by atoms with Crippen LogP contribution in [0, 0.1) is 6.92 Å². The molecule has 92 valence electrons.